The van der Waals surface area contributed by atoms with E-state index in [9.17, 15) is 0 Å². The van der Waals surface area contributed by atoms with Crippen LogP contribution in [0.5, 0.6) is 0 Å². The molecule has 0 radical (unpaired) electrons. The Morgan fingerprint density at radius 3 is 2.25 bits per heavy atom. The summed E-state index contributed by atoms with van der Waals surface area (Å²) in [6.45, 7) is 3.34. The molecule has 0 aromatic carbocycles. The maximum atomic E-state index is 9.11. The molecule has 0 saturated carbocycles. The molecule has 0 spiro atoms. The van der Waals surface area contributed by atoms with Crippen LogP contribution in [-0.2, 0) is 0 Å². The van der Waals surface area contributed by atoms with E-state index in [1.807, 2.05) is 18.2 Å². The van der Waals surface area contributed by atoms with Crippen molar-refractivity contribution in [2.75, 3.05) is 36.0 Å². The molecule has 6 nitrogen and oxygen atoms in total. The average molecular weight is 266 g/mol. The summed E-state index contributed by atoms with van der Waals surface area (Å²) in [5.74, 6) is 0.763. The molecule has 1 aliphatic heterocycles. The first kappa shape index (κ1) is 12.4. The van der Waals surface area contributed by atoms with Crippen molar-refractivity contribution in [3.63, 3.8) is 0 Å². The maximum Gasteiger partial charge on any atom is 0.225 e. The van der Waals surface area contributed by atoms with Crippen molar-refractivity contribution in [3.8, 4) is 6.07 Å². The molecule has 0 aliphatic carbocycles. The zero-order valence-electron chi connectivity index (χ0n) is 11.0. The van der Waals surface area contributed by atoms with Crippen LogP contribution in [0.3, 0.4) is 0 Å². The van der Waals surface area contributed by atoms with Gasteiger partial charge in [0.15, 0.2) is 5.69 Å². The molecule has 1 fully saturated rings. The third-order valence-electron chi connectivity index (χ3n) is 3.35. The van der Waals surface area contributed by atoms with Gasteiger partial charge in [-0.25, -0.2) is 15.0 Å². The molecule has 1 saturated heterocycles. The van der Waals surface area contributed by atoms with Gasteiger partial charge >= 0.3 is 0 Å². The van der Waals surface area contributed by atoms with E-state index in [0.717, 1.165) is 37.8 Å². The number of anilines is 2. The predicted molar refractivity (Wildman–Crippen MR) is 75.4 cm³/mol. The van der Waals surface area contributed by atoms with Crippen LogP contribution in [0.2, 0.25) is 0 Å². The van der Waals surface area contributed by atoms with Gasteiger partial charge in [-0.2, -0.15) is 5.26 Å². The van der Waals surface area contributed by atoms with E-state index in [1.54, 1.807) is 18.6 Å². The Balaban J connectivity index is 1.72. The Kier molecular flexibility index (Phi) is 3.42. The van der Waals surface area contributed by atoms with Gasteiger partial charge in [0.25, 0.3) is 0 Å². The summed E-state index contributed by atoms with van der Waals surface area (Å²) in [7, 11) is 0. The number of nitrogens with zero attached hydrogens (tertiary/aromatic N) is 6. The Morgan fingerprint density at radius 2 is 1.55 bits per heavy atom. The third-order valence-corrected chi connectivity index (χ3v) is 3.35. The Labute approximate surface area is 117 Å². The number of hydrogen-bond donors (Lipinski definition) is 0. The van der Waals surface area contributed by atoms with Crippen molar-refractivity contribution < 1.29 is 0 Å². The topological polar surface area (TPSA) is 68.9 Å². The van der Waals surface area contributed by atoms with Gasteiger partial charge in [-0.15, -0.1) is 0 Å². The van der Waals surface area contributed by atoms with E-state index in [-0.39, 0.29) is 0 Å². The summed E-state index contributed by atoms with van der Waals surface area (Å²) in [6, 6.07) is 7.77. The van der Waals surface area contributed by atoms with Gasteiger partial charge in [-0.3, -0.25) is 0 Å². The van der Waals surface area contributed by atoms with E-state index in [0.29, 0.717) is 5.69 Å². The molecule has 0 atom stereocenters. The normalized spacial score (nSPS) is 14.9. The number of hydrogen-bond acceptors (Lipinski definition) is 6. The molecule has 0 N–H and O–H groups in total. The molecule has 0 unspecified atom stereocenters. The lowest BCUT2D eigenvalue weighted by Gasteiger charge is -2.36. The van der Waals surface area contributed by atoms with Crippen LogP contribution in [0, 0.1) is 11.3 Å². The molecule has 0 amide bonds. The fraction of sp³-hybridized carbons (Fsp3) is 0.286. The molecule has 2 aromatic heterocycles. The first-order valence-electron chi connectivity index (χ1n) is 6.50. The fourth-order valence-electron chi connectivity index (χ4n) is 2.34. The summed E-state index contributed by atoms with van der Waals surface area (Å²) in [5, 5.41) is 9.11. The number of rotatable bonds is 2. The number of aromatic nitrogens is 3. The minimum atomic E-state index is 0.483. The summed E-state index contributed by atoms with van der Waals surface area (Å²) in [5.41, 5.74) is 1.39. The van der Waals surface area contributed by atoms with E-state index < -0.39 is 0 Å². The van der Waals surface area contributed by atoms with Crippen molar-refractivity contribution in [2.24, 2.45) is 0 Å². The molecule has 3 heterocycles. The second kappa shape index (κ2) is 5.53. The highest BCUT2D eigenvalue weighted by Crippen LogP contribution is 2.20. The Bertz CT molecular complexity index is 613. The first-order chi connectivity index (χ1) is 9.88. The lowest BCUT2D eigenvalue weighted by Crippen LogP contribution is -2.47. The molecule has 6 heteroatoms. The number of nitriles is 1. The van der Waals surface area contributed by atoms with Crippen molar-refractivity contribution in [1.82, 2.24) is 15.0 Å². The third kappa shape index (κ3) is 2.38. The van der Waals surface area contributed by atoms with Gasteiger partial charge in [0, 0.05) is 44.8 Å². The van der Waals surface area contributed by atoms with Crippen LogP contribution in [0.4, 0.5) is 11.6 Å². The Hall–Kier alpha value is -2.68. The molecule has 3 rings (SSSR count). The van der Waals surface area contributed by atoms with Crippen LogP contribution in [0.15, 0.2) is 36.8 Å². The van der Waals surface area contributed by atoms with Crippen LogP contribution >= 0.6 is 0 Å². The molecule has 2 aromatic rings. The van der Waals surface area contributed by atoms with Gasteiger partial charge < -0.3 is 9.80 Å². The minimum Gasteiger partial charge on any atom is -0.366 e. The zero-order valence-corrected chi connectivity index (χ0v) is 11.0. The molecule has 100 valence electrons. The molecule has 20 heavy (non-hydrogen) atoms. The monoisotopic (exact) mass is 266 g/mol. The van der Waals surface area contributed by atoms with Gasteiger partial charge in [-0.1, -0.05) is 0 Å². The smallest absolute Gasteiger partial charge is 0.225 e. The van der Waals surface area contributed by atoms with Gasteiger partial charge in [-0.05, 0) is 18.2 Å². The van der Waals surface area contributed by atoms with Crippen LogP contribution in [-0.4, -0.2) is 41.1 Å². The van der Waals surface area contributed by atoms with E-state index >= 15 is 0 Å². The van der Waals surface area contributed by atoms with Crippen molar-refractivity contribution in [2.45, 2.75) is 0 Å². The molecule has 0 bridgehead atoms. The number of piperazine rings is 1. The lowest BCUT2D eigenvalue weighted by molar-refractivity contribution is 0.638. The van der Waals surface area contributed by atoms with E-state index in [4.69, 9.17) is 5.26 Å². The van der Waals surface area contributed by atoms with Crippen molar-refractivity contribution in [1.29, 1.82) is 5.26 Å². The lowest BCUT2D eigenvalue weighted by atomic mass is 10.2. The fourth-order valence-corrected chi connectivity index (χ4v) is 2.34. The summed E-state index contributed by atoms with van der Waals surface area (Å²) < 4.78 is 0. The Morgan fingerprint density at radius 1 is 0.900 bits per heavy atom. The summed E-state index contributed by atoms with van der Waals surface area (Å²) in [6.07, 6.45) is 5.16. The van der Waals surface area contributed by atoms with Crippen LogP contribution < -0.4 is 9.80 Å². The molecule has 1 aliphatic rings. The number of pyridine rings is 1. The van der Waals surface area contributed by atoms with Gasteiger partial charge in [0.05, 0.1) is 5.69 Å². The molecular formula is C14H14N6. The second-order valence-corrected chi connectivity index (χ2v) is 4.51. The highest BCUT2D eigenvalue weighted by molar-refractivity contribution is 5.56. The van der Waals surface area contributed by atoms with Crippen LogP contribution in [0.25, 0.3) is 0 Å². The first-order valence-corrected chi connectivity index (χ1v) is 6.50. The van der Waals surface area contributed by atoms with Crippen LogP contribution in [0.1, 0.15) is 5.69 Å². The van der Waals surface area contributed by atoms with Crippen molar-refractivity contribution in [3.05, 3.63) is 42.5 Å². The zero-order chi connectivity index (χ0) is 13.8. The summed E-state index contributed by atoms with van der Waals surface area (Å²) in [4.78, 5) is 17.0. The predicted octanol–water partition coefficient (Wildman–Crippen LogP) is 1.07. The average Bonchev–Trinajstić information content (AvgIpc) is 2.56. The highest BCUT2D eigenvalue weighted by Gasteiger charge is 2.20. The quantitative estimate of drug-likeness (QED) is 0.810. The standard InChI is InChI=1S/C14H14N6/c15-11-12-13(3-1-4-16-12)19-7-9-20(10-8-19)14-17-5-2-6-18-14/h1-6H,7-10H2. The minimum absolute atomic E-state index is 0.483. The van der Waals surface area contributed by atoms with Crippen molar-refractivity contribution >= 4 is 11.6 Å². The van der Waals surface area contributed by atoms with Gasteiger partial charge in [0.2, 0.25) is 5.95 Å². The van der Waals surface area contributed by atoms with E-state index in [2.05, 4.69) is 30.8 Å². The van der Waals surface area contributed by atoms with Gasteiger partial charge in [0.1, 0.15) is 6.07 Å². The largest absolute Gasteiger partial charge is 0.366 e. The second-order valence-electron chi connectivity index (χ2n) is 4.51. The SMILES string of the molecule is N#Cc1ncccc1N1CCN(c2ncccn2)CC1. The van der Waals surface area contributed by atoms with E-state index in [1.165, 1.54) is 0 Å². The summed E-state index contributed by atoms with van der Waals surface area (Å²) >= 11 is 0. The molecular weight excluding hydrogens is 252 g/mol. The highest BCUT2D eigenvalue weighted by atomic mass is 15.3. The maximum absolute atomic E-state index is 9.11.